The minimum absolute atomic E-state index is 0.00805. The molecule has 0 aromatic heterocycles. The fourth-order valence-corrected chi connectivity index (χ4v) is 2.85. The molecule has 1 fully saturated rings. The monoisotopic (exact) mass is 273 g/mol. The highest BCUT2D eigenvalue weighted by atomic mass is 16.2. The highest BCUT2D eigenvalue weighted by Crippen LogP contribution is 2.24. The maximum Gasteiger partial charge on any atom is 0.244 e. The summed E-state index contributed by atoms with van der Waals surface area (Å²) in [6.45, 7) is 2.21. The Kier molecular flexibility index (Phi) is 3.44. The van der Waals surface area contributed by atoms with Crippen LogP contribution in [0.2, 0.25) is 0 Å². The molecular weight excluding hydrogens is 254 g/mol. The Labute approximate surface area is 118 Å². The number of fused-ring (bicyclic) bond motifs is 1. The zero-order chi connectivity index (χ0) is 14.1. The number of carbonyl (C=O) groups is 2. The molecular formula is C15H19N3O2. The van der Waals surface area contributed by atoms with Crippen molar-refractivity contribution < 1.29 is 9.59 Å². The summed E-state index contributed by atoms with van der Waals surface area (Å²) in [7, 11) is 1.78. The van der Waals surface area contributed by atoms with Crippen molar-refractivity contribution in [2.45, 2.75) is 12.5 Å². The van der Waals surface area contributed by atoms with Gasteiger partial charge >= 0.3 is 0 Å². The van der Waals surface area contributed by atoms with Crippen LogP contribution in [0.4, 0.5) is 0 Å². The van der Waals surface area contributed by atoms with Crippen molar-refractivity contribution in [3.05, 3.63) is 35.4 Å². The normalized spacial score (nSPS) is 22.6. The molecule has 5 heteroatoms. The average molecular weight is 273 g/mol. The van der Waals surface area contributed by atoms with E-state index in [-0.39, 0.29) is 24.4 Å². The van der Waals surface area contributed by atoms with E-state index in [0.717, 1.165) is 18.5 Å². The van der Waals surface area contributed by atoms with Crippen molar-refractivity contribution >= 4 is 11.8 Å². The first kappa shape index (κ1) is 13.1. The van der Waals surface area contributed by atoms with Crippen molar-refractivity contribution in [2.24, 2.45) is 0 Å². The number of carbonyl (C=O) groups excluding carboxylic acids is 2. The SMILES string of the molecule is CN1CCN(C(=O)C2NCCc3ccccc32)CC1=O. The number of nitrogens with one attached hydrogen (secondary N) is 1. The van der Waals surface area contributed by atoms with E-state index in [0.29, 0.717) is 13.1 Å². The lowest BCUT2D eigenvalue weighted by atomic mass is 9.93. The molecule has 2 heterocycles. The molecule has 2 aliphatic heterocycles. The minimum Gasteiger partial charge on any atom is -0.342 e. The van der Waals surface area contributed by atoms with Crippen LogP contribution in [0.15, 0.2) is 24.3 Å². The van der Waals surface area contributed by atoms with E-state index in [1.807, 2.05) is 18.2 Å². The number of nitrogens with zero attached hydrogens (tertiary/aromatic N) is 2. The number of likely N-dealkylation sites (N-methyl/N-ethyl adjacent to an activating group) is 1. The molecule has 0 saturated carbocycles. The minimum atomic E-state index is -0.309. The highest BCUT2D eigenvalue weighted by molar-refractivity contribution is 5.89. The van der Waals surface area contributed by atoms with Gasteiger partial charge in [0.05, 0.1) is 6.54 Å². The van der Waals surface area contributed by atoms with Crippen LogP contribution in [-0.2, 0) is 16.0 Å². The Morgan fingerprint density at radius 1 is 1.30 bits per heavy atom. The maximum absolute atomic E-state index is 12.7. The average Bonchev–Trinajstić information content (AvgIpc) is 2.49. The quantitative estimate of drug-likeness (QED) is 0.794. The molecule has 20 heavy (non-hydrogen) atoms. The summed E-state index contributed by atoms with van der Waals surface area (Å²) < 4.78 is 0. The molecule has 0 bridgehead atoms. The number of amides is 2. The lowest BCUT2D eigenvalue weighted by molar-refractivity contribution is -0.145. The fourth-order valence-electron chi connectivity index (χ4n) is 2.85. The molecule has 5 nitrogen and oxygen atoms in total. The van der Waals surface area contributed by atoms with Gasteiger partial charge in [-0.15, -0.1) is 0 Å². The van der Waals surface area contributed by atoms with Gasteiger partial charge in [0.15, 0.2) is 0 Å². The Morgan fingerprint density at radius 2 is 2.10 bits per heavy atom. The molecule has 1 aromatic carbocycles. The number of hydrogen-bond donors (Lipinski definition) is 1. The summed E-state index contributed by atoms with van der Waals surface area (Å²) in [5.74, 6) is 0.0206. The van der Waals surface area contributed by atoms with Gasteiger partial charge in [0.1, 0.15) is 6.04 Å². The predicted molar refractivity (Wildman–Crippen MR) is 75.1 cm³/mol. The third-order valence-electron chi connectivity index (χ3n) is 4.12. The van der Waals surface area contributed by atoms with Crippen LogP contribution < -0.4 is 5.32 Å². The number of hydrogen-bond acceptors (Lipinski definition) is 3. The summed E-state index contributed by atoms with van der Waals surface area (Å²) in [6, 6.07) is 7.73. The molecule has 3 rings (SSSR count). The van der Waals surface area contributed by atoms with Gasteiger partial charge in [-0.3, -0.25) is 9.59 Å². The summed E-state index contributed by atoms with van der Waals surface area (Å²) in [4.78, 5) is 27.8. The largest absolute Gasteiger partial charge is 0.342 e. The van der Waals surface area contributed by atoms with E-state index in [1.54, 1.807) is 16.8 Å². The van der Waals surface area contributed by atoms with E-state index in [1.165, 1.54) is 5.56 Å². The Morgan fingerprint density at radius 3 is 2.90 bits per heavy atom. The van der Waals surface area contributed by atoms with Gasteiger partial charge in [-0.2, -0.15) is 0 Å². The molecule has 0 radical (unpaired) electrons. The van der Waals surface area contributed by atoms with Gasteiger partial charge < -0.3 is 15.1 Å². The van der Waals surface area contributed by atoms with Gasteiger partial charge in [0.2, 0.25) is 11.8 Å². The van der Waals surface area contributed by atoms with E-state index in [2.05, 4.69) is 11.4 Å². The van der Waals surface area contributed by atoms with Crippen molar-refractivity contribution in [3.63, 3.8) is 0 Å². The molecule has 1 aromatic rings. The first-order valence-electron chi connectivity index (χ1n) is 7.01. The number of piperazine rings is 1. The van der Waals surface area contributed by atoms with Crippen LogP contribution in [0.1, 0.15) is 17.2 Å². The Bertz CT molecular complexity index is 544. The standard InChI is InChI=1S/C15H19N3O2/c1-17-8-9-18(10-13(17)19)15(20)14-12-5-3-2-4-11(12)6-7-16-14/h2-5,14,16H,6-10H2,1H3. The second-order valence-electron chi connectivity index (χ2n) is 5.41. The highest BCUT2D eigenvalue weighted by Gasteiger charge is 2.32. The van der Waals surface area contributed by atoms with Crippen LogP contribution in [0.25, 0.3) is 0 Å². The Hall–Kier alpha value is -1.88. The van der Waals surface area contributed by atoms with Crippen LogP contribution in [0.3, 0.4) is 0 Å². The summed E-state index contributed by atoms with van der Waals surface area (Å²) in [5, 5.41) is 3.28. The topological polar surface area (TPSA) is 52.6 Å². The first-order chi connectivity index (χ1) is 9.66. The molecule has 0 aliphatic carbocycles. The van der Waals surface area contributed by atoms with Gasteiger partial charge in [0.25, 0.3) is 0 Å². The van der Waals surface area contributed by atoms with E-state index in [9.17, 15) is 9.59 Å². The van der Waals surface area contributed by atoms with Gasteiger partial charge in [-0.1, -0.05) is 24.3 Å². The van der Waals surface area contributed by atoms with E-state index >= 15 is 0 Å². The molecule has 1 N–H and O–H groups in total. The van der Waals surface area contributed by atoms with Gasteiger partial charge in [0, 0.05) is 26.7 Å². The molecule has 2 aliphatic rings. The molecule has 2 amide bonds. The van der Waals surface area contributed by atoms with Crippen molar-refractivity contribution in [2.75, 3.05) is 33.2 Å². The van der Waals surface area contributed by atoms with Crippen LogP contribution in [0.5, 0.6) is 0 Å². The second kappa shape index (κ2) is 5.25. The van der Waals surface area contributed by atoms with Crippen LogP contribution in [-0.4, -0.2) is 54.8 Å². The summed E-state index contributed by atoms with van der Waals surface area (Å²) >= 11 is 0. The molecule has 106 valence electrons. The van der Waals surface area contributed by atoms with Crippen molar-refractivity contribution in [1.29, 1.82) is 0 Å². The van der Waals surface area contributed by atoms with Crippen molar-refractivity contribution in [1.82, 2.24) is 15.1 Å². The number of benzene rings is 1. The second-order valence-corrected chi connectivity index (χ2v) is 5.41. The molecule has 1 unspecified atom stereocenters. The van der Waals surface area contributed by atoms with Gasteiger partial charge in [-0.25, -0.2) is 0 Å². The zero-order valence-electron chi connectivity index (χ0n) is 11.6. The third-order valence-corrected chi connectivity index (χ3v) is 4.12. The smallest absolute Gasteiger partial charge is 0.244 e. The van der Waals surface area contributed by atoms with E-state index < -0.39 is 0 Å². The fraction of sp³-hybridized carbons (Fsp3) is 0.467. The third kappa shape index (κ3) is 2.29. The van der Waals surface area contributed by atoms with Crippen LogP contribution >= 0.6 is 0 Å². The van der Waals surface area contributed by atoms with Crippen molar-refractivity contribution in [3.8, 4) is 0 Å². The zero-order valence-corrected chi connectivity index (χ0v) is 11.6. The lowest BCUT2D eigenvalue weighted by Crippen LogP contribution is -2.53. The van der Waals surface area contributed by atoms with Crippen LogP contribution in [0, 0.1) is 0 Å². The molecule has 0 spiro atoms. The van der Waals surface area contributed by atoms with Gasteiger partial charge in [-0.05, 0) is 17.5 Å². The predicted octanol–water partition coefficient (Wildman–Crippen LogP) is 0.174. The molecule has 1 atom stereocenters. The maximum atomic E-state index is 12.7. The van der Waals surface area contributed by atoms with E-state index in [4.69, 9.17) is 0 Å². The summed E-state index contributed by atoms with van der Waals surface area (Å²) in [5.41, 5.74) is 2.28. The Balaban J connectivity index is 1.80. The number of rotatable bonds is 1. The lowest BCUT2D eigenvalue weighted by Gasteiger charge is -2.36. The first-order valence-corrected chi connectivity index (χ1v) is 7.01. The summed E-state index contributed by atoms with van der Waals surface area (Å²) in [6.07, 6.45) is 0.946. The molecule has 1 saturated heterocycles.